The van der Waals surface area contributed by atoms with Crippen molar-refractivity contribution in [2.24, 2.45) is 0 Å². The smallest absolute Gasteiger partial charge is 0.405 e. The molecular weight excluding hydrogens is 508 g/mol. The molecule has 0 bridgehead atoms. The molecule has 202 valence electrons. The number of thiophene rings is 1. The molecule has 1 saturated heterocycles. The molecule has 2 aliphatic rings. The van der Waals surface area contributed by atoms with E-state index in [1.807, 2.05) is 30.0 Å². The average Bonchev–Trinajstić information content (AvgIpc) is 3.43. The van der Waals surface area contributed by atoms with Crippen LogP contribution in [0.1, 0.15) is 33.0 Å². The summed E-state index contributed by atoms with van der Waals surface area (Å²) < 4.78 is 10.9. The van der Waals surface area contributed by atoms with Crippen LogP contribution in [0.5, 0.6) is 0 Å². The van der Waals surface area contributed by atoms with Gasteiger partial charge in [0.05, 0.1) is 31.0 Å². The minimum absolute atomic E-state index is 0.0172. The summed E-state index contributed by atoms with van der Waals surface area (Å²) in [5.41, 5.74) is 9.73. The van der Waals surface area contributed by atoms with Crippen LogP contribution in [0, 0.1) is 6.92 Å². The first-order chi connectivity index (χ1) is 18.3. The van der Waals surface area contributed by atoms with E-state index in [1.54, 1.807) is 7.11 Å². The van der Waals surface area contributed by atoms with Gasteiger partial charge in [-0.2, -0.15) is 0 Å². The number of amides is 2. The predicted molar refractivity (Wildman–Crippen MR) is 145 cm³/mol. The largest absolute Gasteiger partial charge is 0.465 e. The molecule has 3 aromatic rings. The van der Waals surface area contributed by atoms with Crippen molar-refractivity contribution in [2.75, 3.05) is 44.0 Å². The van der Waals surface area contributed by atoms with Crippen molar-refractivity contribution in [2.45, 2.75) is 44.4 Å². The molecule has 3 atom stereocenters. The Hall–Kier alpha value is -3.48. The number of nitrogens with zero attached hydrogens (tertiary/aromatic N) is 3. The first-order valence-corrected chi connectivity index (χ1v) is 13.4. The van der Waals surface area contributed by atoms with Crippen molar-refractivity contribution in [1.29, 1.82) is 0 Å². The Bertz CT molecular complexity index is 1350. The number of nitrogen functional groups attached to an aromatic ring is 1. The lowest BCUT2D eigenvalue weighted by Crippen LogP contribution is -2.43. The number of anilines is 2. The third kappa shape index (κ3) is 5.52. The van der Waals surface area contributed by atoms with Crippen molar-refractivity contribution in [3.05, 3.63) is 46.1 Å². The SMILES string of the molecule is COCCOC1CN(c2ccc3c(n2)CC[C@H](NC(=O)c2sc4nc(C)ccc4c2N)C3)CC1NC(=O)O. The van der Waals surface area contributed by atoms with E-state index in [4.69, 9.17) is 20.2 Å². The van der Waals surface area contributed by atoms with Gasteiger partial charge in [-0.3, -0.25) is 4.79 Å². The Labute approximate surface area is 224 Å². The number of carboxylic acid groups (broad SMARTS) is 1. The Kier molecular flexibility index (Phi) is 7.63. The fourth-order valence-electron chi connectivity index (χ4n) is 5.12. The molecule has 2 unspecified atom stereocenters. The lowest BCUT2D eigenvalue weighted by molar-refractivity contribution is 0.0162. The number of ether oxygens (including phenoxy) is 2. The zero-order chi connectivity index (χ0) is 26.8. The number of aromatic nitrogens is 2. The molecule has 0 aromatic carbocycles. The highest BCUT2D eigenvalue weighted by Crippen LogP contribution is 2.33. The molecular formula is C26H32N6O5S. The molecule has 4 heterocycles. The first-order valence-electron chi connectivity index (χ1n) is 12.6. The topological polar surface area (TPSA) is 152 Å². The Morgan fingerprint density at radius 3 is 2.82 bits per heavy atom. The van der Waals surface area contributed by atoms with Crippen molar-refractivity contribution < 1.29 is 24.2 Å². The highest BCUT2D eigenvalue weighted by Gasteiger charge is 2.36. The number of nitrogens with one attached hydrogen (secondary N) is 2. The fraction of sp³-hybridized carbons (Fsp3) is 0.462. The quantitative estimate of drug-likeness (QED) is 0.316. The van der Waals surface area contributed by atoms with E-state index < -0.39 is 6.09 Å². The molecule has 2 amide bonds. The maximum Gasteiger partial charge on any atom is 0.405 e. The molecule has 5 N–H and O–H groups in total. The monoisotopic (exact) mass is 540 g/mol. The molecule has 11 nitrogen and oxygen atoms in total. The van der Waals surface area contributed by atoms with Gasteiger partial charge in [-0.1, -0.05) is 6.07 Å². The van der Waals surface area contributed by atoms with Gasteiger partial charge in [0, 0.05) is 43.0 Å². The number of methoxy groups -OCH3 is 1. The van der Waals surface area contributed by atoms with E-state index in [9.17, 15) is 14.7 Å². The van der Waals surface area contributed by atoms with E-state index in [2.05, 4.69) is 21.7 Å². The zero-order valence-corrected chi connectivity index (χ0v) is 22.2. The number of rotatable bonds is 8. The second-order valence-corrected chi connectivity index (χ2v) is 10.7. The fourth-order valence-corrected chi connectivity index (χ4v) is 6.16. The van der Waals surface area contributed by atoms with Gasteiger partial charge < -0.3 is 35.8 Å². The summed E-state index contributed by atoms with van der Waals surface area (Å²) in [6.07, 6.45) is 0.813. The summed E-state index contributed by atoms with van der Waals surface area (Å²) in [6.45, 7) is 3.75. The normalized spacial score (nSPS) is 20.9. The molecule has 5 rings (SSSR count). The second kappa shape index (κ2) is 11.1. The van der Waals surface area contributed by atoms with Crippen LogP contribution in [0.15, 0.2) is 24.3 Å². The summed E-state index contributed by atoms with van der Waals surface area (Å²) >= 11 is 1.32. The molecule has 1 fully saturated rings. The van der Waals surface area contributed by atoms with Crippen LogP contribution in [0.2, 0.25) is 0 Å². The number of nitrogens with two attached hydrogens (primary N) is 1. The van der Waals surface area contributed by atoms with Crippen LogP contribution >= 0.6 is 11.3 Å². The Morgan fingerprint density at radius 2 is 2.03 bits per heavy atom. The van der Waals surface area contributed by atoms with Crippen molar-refractivity contribution in [3.63, 3.8) is 0 Å². The van der Waals surface area contributed by atoms with Crippen LogP contribution in [-0.2, 0) is 22.3 Å². The van der Waals surface area contributed by atoms with Gasteiger partial charge in [-0.25, -0.2) is 14.8 Å². The van der Waals surface area contributed by atoms with E-state index in [0.717, 1.165) is 45.8 Å². The van der Waals surface area contributed by atoms with Gasteiger partial charge in [-0.15, -0.1) is 11.3 Å². The van der Waals surface area contributed by atoms with Gasteiger partial charge in [0.2, 0.25) is 0 Å². The van der Waals surface area contributed by atoms with Crippen LogP contribution in [0.3, 0.4) is 0 Å². The maximum atomic E-state index is 13.1. The zero-order valence-electron chi connectivity index (χ0n) is 21.4. The summed E-state index contributed by atoms with van der Waals surface area (Å²) in [6, 6.07) is 7.44. The summed E-state index contributed by atoms with van der Waals surface area (Å²) in [4.78, 5) is 37.0. The first kappa shape index (κ1) is 26.1. The lowest BCUT2D eigenvalue weighted by atomic mass is 9.91. The minimum atomic E-state index is -1.08. The van der Waals surface area contributed by atoms with Gasteiger partial charge >= 0.3 is 6.09 Å². The van der Waals surface area contributed by atoms with Gasteiger partial charge in [0.1, 0.15) is 15.5 Å². The van der Waals surface area contributed by atoms with E-state index in [0.29, 0.717) is 43.3 Å². The molecule has 3 aromatic heterocycles. The number of carbonyl (C=O) groups is 2. The van der Waals surface area contributed by atoms with Crippen LogP contribution < -0.4 is 21.3 Å². The number of carbonyl (C=O) groups excluding carboxylic acids is 1. The average molecular weight is 541 g/mol. The number of fused-ring (bicyclic) bond motifs is 2. The van der Waals surface area contributed by atoms with Gasteiger partial charge in [0.15, 0.2) is 0 Å². The van der Waals surface area contributed by atoms with Crippen molar-refractivity contribution >= 4 is 45.1 Å². The van der Waals surface area contributed by atoms with Crippen molar-refractivity contribution in [3.8, 4) is 0 Å². The molecule has 0 radical (unpaired) electrons. The Morgan fingerprint density at radius 1 is 1.18 bits per heavy atom. The summed E-state index contributed by atoms with van der Waals surface area (Å²) in [5.74, 6) is 0.622. The van der Waals surface area contributed by atoms with Crippen LogP contribution in [0.4, 0.5) is 16.3 Å². The predicted octanol–water partition coefficient (Wildman–Crippen LogP) is 2.36. The molecule has 0 spiro atoms. The Balaban J connectivity index is 1.24. The molecule has 12 heteroatoms. The minimum Gasteiger partial charge on any atom is -0.465 e. The van der Waals surface area contributed by atoms with Gasteiger partial charge in [-0.05, 0) is 49.9 Å². The molecule has 1 aliphatic heterocycles. The number of hydrogen-bond donors (Lipinski definition) is 4. The number of pyridine rings is 2. The highest BCUT2D eigenvalue weighted by molar-refractivity contribution is 7.21. The lowest BCUT2D eigenvalue weighted by Gasteiger charge is -2.26. The summed E-state index contributed by atoms with van der Waals surface area (Å²) in [7, 11) is 1.60. The van der Waals surface area contributed by atoms with E-state index >= 15 is 0 Å². The molecule has 0 saturated carbocycles. The second-order valence-electron chi connectivity index (χ2n) is 9.70. The third-order valence-electron chi connectivity index (χ3n) is 7.04. The van der Waals surface area contributed by atoms with Gasteiger partial charge in [0.25, 0.3) is 5.91 Å². The third-order valence-corrected chi connectivity index (χ3v) is 8.16. The molecule has 38 heavy (non-hydrogen) atoms. The standard InChI is InChI=1S/C26H32N6O5S/c1-14-3-6-17-22(27)23(38-25(17)28-14)24(33)29-16-5-7-18-15(11-16)4-8-21(30-18)32-12-19(31-26(34)35)20(13-32)37-10-9-36-2/h3-4,6,8,16,19-20,31H,5,7,9-13,27H2,1-2H3,(H,29,33)(H,34,35)/t16-,19?,20?/m0/s1. The van der Waals surface area contributed by atoms with Crippen molar-refractivity contribution in [1.82, 2.24) is 20.6 Å². The van der Waals surface area contributed by atoms with E-state index in [1.165, 1.54) is 11.3 Å². The number of hydrogen-bond acceptors (Lipinski definition) is 9. The summed E-state index contributed by atoms with van der Waals surface area (Å²) in [5, 5.41) is 15.8. The van der Waals surface area contributed by atoms with Crippen LogP contribution in [-0.4, -0.2) is 78.7 Å². The highest BCUT2D eigenvalue weighted by atomic mass is 32.1. The van der Waals surface area contributed by atoms with E-state index in [-0.39, 0.29) is 24.1 Å². The number of aryl methyl sites for hydroxylation is 2. The molecule has 1 aliphatic carbocycles. The maximum absolute atomic E-state index is 13.1. The van der Waals surface area contributed by atoms with Crippen LogP contribution in [0.25, 0.3) is 10.2 Å².